The highest BCUT2D eigenvalue weighted by Crippen LogP contribution is 2.27. The topological polar surface area (TPSA) is 92.1 Å². The molecule has 0 saturated heterocycles. The summed E-state index contributed by atoms with van der Waals surface area (Å²) in [6.45, 7) is 0. The Bertz CT molecular complexity index is 1250. The van der Waals surface area contributed by atoms with E-state index in [1.54, 1.807) is 35.9 Å². The third kappa shape index (κ3) is 5.31. The lowest BCUT2D eigenvalue weighted by molar-refractivity contribution is -0.112. The maximum atomic E-state index is 13.1. The first kappa shape index (κ1) is 20.7. The fraction of sp³-hybridized carbons (Fsp3) is 0.0455. The van der Waals surface area contributed by atoms with Gasteiger partial charge in [-0.2, -0.15) is 5.26 Å². The molecule has 31 heavy (non-hydrogen) atoms. The number of hydrogen-bond acceptors (Lipinski definition) is 7. The van der Waals surface area contributed by atoms with E-state index in [0.717, 1.165) is 11.3 Å². The molecule has 0 aliphatic heterocycles. The third-order valence-corrected chi connectivity index (χ3v) is 5.75. The number of carbonyl (C=O) groups is 1. The van der Waals surface area contributed by atoms with Gasteiger partial charge in [0.2, 0.25) is 0 Å². The van der Waals surface area contributed by atoms with Gasteiger partial charge >= 0.3 is 0 Å². The van der Waals surface area contributed by atoms with E-state index < -0.39 is 5.91 Å². The van der Waals surface area contributed by atoms with Gasteiger partial charge in [-0.1, -0.05) is 11.8 Å². The van der Waals surface area contributed by atoms with Crippen LogP contribution >= 0.6 is 23.1 Å². The van der Waals surface area contributed by atoms with Gasteiger partial charge in [0.25, 0.3) is 5.91 Å². The number of hydrogen-bond donors (Lipinski definition) is 1. The van der Waals surface area contributed by atoms with E-state index >= 15 is 0 Å². The fourth-order valence-corrected chi connectivity index (χ4v) is 4.05. The Labute approximate surface area is 185 Å². The van der Waals surface area contributed by atoms with Crippen molar-refractivity contribution in [3.8, 4) is 17.3 Å². The SMILES string of the molecule is N#C/C(=C/c1ccc(SCc2ccco2)o1)C(=O)Nc1nc(-c2ccc(F)cc2)cs1. The normalized spacial score (nSPS) is 11.3. The summed E-state index contributed by atoms with van der Waals surface area (Å²) in [7, 11) is 0. The van der Waals surface area contributed by atoms with Crippen LogP contribution in [-0.4, -0.2) is 10.9 Å². The molecule has 154 valence electrons. The van der Waals surface area contributed by atoms with Crippen molar-refractivity contribution in [2.24, 2.45) is 0 Å². The van der Waals surface area contributed by atoms with Gasteiger partial charge in [0, 0.05) is 17.0 Å². The van der Waals surface area contributed by atoms with Crippen molar-refractivity contribution in [2.75, 3.05) is 5.32 Å². The second kappa shape index (κ2) is 9.47. The molecule has 6 nitrogen and oxygen atoms in total. The summed E-state index contributed by atoms with van der Waals surface area (Å²) < 4.78 is 24.0. The number of aromatic nitrogens is 1. The van der Waals surface area contributed by atoms with Crippen LogP contribution in [0.25, 0.3) is 17.3 Å². The smallest absolute Gasteiger partial charge is 0.268 e. The molecule has 1 amide bonds. The van der Waals surface area contributed by atoms with Gasteiger partial charge in [-0.05, 0) is 48.5 Å². The molecule has 0 aliphatic rings. The first-order chi connectivity index (χ1) is 15.1. The van der Waals surface area contributed by atoms with E-state index in [-0.39, 0.29) is 11.4 Å². The van der Waals surface area contributed by atoms with Crippen LogP contribution in [0.2, 0.25) is 0 Å². The van der Waals surface area contributed by atoms with Crippen molar-refractivity contribution in [3.05, 3.63) is 83.1 Å². The number of halogens is 1. The number of carbonyl (C=O) groups excluding carboxylic acids is 1. The maximum absolute atomic E-state index is 13.1. The minimum absolute atomic E-state index is 0.115. The molecule has 0 radical (unpaired) electrons. The molecule has 9 heteroatoms. The van der Waals surface area contributed by atoms with Gasteiger partial charge in [-0.3, -0.25) is 10.1 Å². The highest BCUT2D eigenvalue weighted by molar-refractivity contribution is 7.98. The molecule has 3 aromatic heterocycles. The quantitative estimate of drug-likeness (QED) is 0.211. The summed E-state index contributed by atoms with van der Waals surface area (Å²) in [5.74, 6) is 0.884. The Hall–Kier alpha value is -3.61. The number of thiazole rings is 1. The zero-order chi connectivity index (χ0) is 21.6. The molecule has 0 spiro atoms. The highest BCUT2D eigenvalue weighted by Gasteiger charge is 2.14. The number of nitriles is 1. The molecule has 0 atom stereocenters. The largest absolute Gasteiger partial charge is 0.468 e. The van der Waals surface area contributed by atoms with Crippen LogP contribution in [0.1, 0.15) is 11.5 Å². The first-order valence-electron chi connectivity index (χ1n) is 9.00. The lowest BCUT2D eigenvalue weighted by atomic mass is 10.2. The van der Waals surface area contributed by atoms with Crippen molar-refractivity contribution in [2.45, 2.75) is 10.8 Å². The van der Waals surface area contributed by atoms with E-state index in [2.05, 4.69) is 10.3 Å². The van der Waals surface area contributed by atoms with E-state index in [4.69, 9.17) is 8.83 Å². The third-order valence-electron chi connectivity index (χ3n) is 4.06. The van der Waals surface area contributed by atoms with Gasteiger partial charge in [0.05, 0.1) is 17.7 Å². The van der Waals surface area contributed by atoms with Crippen molar-refractivity contribution in [3.63, 3.8) is 0 Å². The Kier molecular flexibility index (Phi) is 6.31. The van der Waals surface area contributed by atoms with Crippen LogP contribution in [0.4, 0.5) is 9.52 Å². The van der Waals surface area contributed by atoms with Crippen LogP contribution in [0, 0.1) is 17.1 Å². The maximum Gasteiger partial charge on any atom is 0.268 e. The van der Waals surface area contributed by atoms with Gasteiger partial charge in [0.1, 0.15) is 29.0 Å². The summed E-state index contributed by atoms with van der Waals surface area (Å²) in [6, 6.07) is 14.9. The van der Waals surface area contributed by atoms with Crippen molar-refractivity contribution in [1.82, 2.24) is 4.98 Å². The van der Waals surface area contributed by atoms with Crippen LogP contribution in [0.3, 0.4) is 0 Å². The molecule has 1 N–H and O–H groups in total. The molecule has 0 unspecified atom stereocenters. The van der Waals surface area contributed by atoms with E-state index in [1.807, 2.05) is 18.2 Å². The second-order valence-electron chi connectivity index (χ2n) is 6.19. The monoisotopic (exact) mass is 451 g/mol. The molecule has 4 rings (SSSR count). The number of nitrogens with zero attached hydrogens (tertiary/aromatic N) is 2. The predicted molar refractivity (Wildman–Crippen MR) is 117 cm³/mol. The Morgan fingerprint density at radius 1 is 1.26 bits per heavy atom. The van der Waals surface area contributed by atoms with E-state index in [1.165, 1.54) is 41.3 Å². The lowest BCUT2D eigenvalue weighted by Gasteiger charge is -2.00. The Morgan fingerprint density at radius 3 is 2.84 bits per heavy atom. The van der Waals surface area contributed by atoms with Crippen molar-refractivity contribution >= 4 is 40.2 Å². The van der Waals surface area contributed by atoms with Crippen molar-refractivity contribution in [1.29, 1.82) is 5.26 Å². The number of anilines is 1. The molecule has 1 aromatic carbocycles. The number of nitrogens with one attached hydrogen (secondary N) is 1. The van der Waals surface area contributed by atoms with Gasteiger partial charge in [0.15, 0.2) is 10.2 Å². The number of rotatable bonds is 7. The molecule has 3 heterocycles. The minimum atomic E-state index is -0.594. The van der Waals surface area contributed by atoms with Gasteiger partial charge in [-0.15, -0.1) is 11.3 Å². The van der Waals surface area contributed by atoms with E-state index in [9.17, 15) is 14.4 Å². The molecular weight excluding hydrogens is 437 g/mol. The summed E-state index contributed by atoms with van der Waals surface area (Å²) in [5, 5.41) is 14.7. The van der Waals surface area contributed by atoms with Crippen LogP contribution in [-0.2, 0) is 10.5 Å². The number of furan rings is 2. The second-order valence-corrected chi connectivity index (χ2v) is 8.03. The Morgan fingerprint density at radius 2 is 2.10 bits per heavy atom. The zero-order valence-corrected chi connectivity index (χ0v) is 17.5. The molecule has 0 aliphatic carbocycles. The van der Waals surface area contributed by atoms with Crippen LogP contribution in [0.15, 0.2) is 79.7 Å². The lowest BCUT2D eigenvalue weighted by Crippen LogP contribution is -2.13. The number of thioether (sulfide) groups is 1. The predicted octanol–water partition coefficient (Wildman–Crippen LogP) is 5.97. The Balaban J connectivity index is 1.41. The van der Waals surface area contributed by atoms with E-state index in [0.29, 0.717) is 27.4 Å². The molecule has 0 bridgehead atoms. The summed E-state index contributed by atoms with van der Waals surface area (Å²) in [6.07, 6.45) is 2.98. The average Bonchev–Trinajstić information content (AvgIpc) is 3.53. The van der Waals surface area contributed by atoms with Gasteiger partial charge in [-0.25, -0.2) is 9.37 Å². The zero-order valence-electron chi connectivity index (χ0n) is 15.9. The van der Waals surface area contributed by atoms with Gasteiger partial charge < -0.3 is 8.83 Å². The molecule has 4 aromatic rings. The number of amides is 1. The summed E-state index contributed by atoms with van der Waals surface area (Å²) >= 11 is 2.65. The van der Waals surface area contributed by atoms with Crippen LogP contribution in [0.5, 0.6) is 0 Å². The standard InChI is InChI=1S/C22H14FN3O3S2/c23-16-5-3-14(4-6-16)19-13-31-22(25-19)26-21(27)15(11-24)10-17-7-8-20(29-17)30-12-18-2-1-9-28-18/h1-10,13H,12H2,(H,25,26,27)/b15-10-. The minimum Gasteiger partial charge on any atom is -0.468 e. The average molecular weight is 452 g/mol. The van der Waals surface area contributed by atoms with Crippen LogP contribution < -0.4 is 5.32 Å². The summed E-state index contributed by atoms with van der Waals surface area (Å²) in [4.78, 5) is 16.8. The summed E-state index contributed by atoms with van der Waals surface area (Å²) in [5.41, 5.74) is 1.21. The first-order valence-corrected chi connectivity index (χ1v) is 10.9. The molecule has 0 saturated carbocycles. The van der Waals surface area contributed by atoms with Crippen molar-refractivity contribution < 1.29 is 18.0 Å². The highest BCUT2D eigenvalue weighted by atomic mass is 32.2. The molecule has 0 fully saturated rings. The number of benzene rings is 1. The molecular formula is C22H14FN3O3S2. The fourth-order valence-electron chi connectivity index (χ4n) is 2.57.